The standard InChI is InChI=1S/C12H13BrClN3S/c1-3-10(15-2)12-17-16-11(18-12)8-6-7(13)4-5-9(8)14/h4-6,10,15H,3H2,1-2H3. The van der Waals surface area contributed by atoms with Gasteiger partial charge in [-0.1, -0.05) is 45.8 Å². The third-order valence-corrected chi connectivity index (χ3v) is 4.55. The van der Waals surface area contributed by atoms with Crippen LogP contribution in [0.1, 0.15) is 24.4 Å². The third-order valence-electron chi connectivity index (χ3n) is 2.65. The molecule has 2 aromatic rings. The van der Waals surface area contributed by atoms with Gasteiger partial charge < -0.3 is 5.32 Å². The van der Waals surface area contributed by atoms with Crippen LogP contribution in [0.2, 0.25) is 5.02 Å². The van der Waals surface area contributed by atoms with Crippen LogP contribution in [0.5, 0.6) is 0 Å². The highest BCUT2D eigenvalue weighted by Gasteiger charge is 2.15. The van der Waals surface area contributed by atoms with E-state index >= 15 is 0 Å². The number of hydrogen-bond donors (Lipinski definition) is 1. The summed E-state index contributed by atoms with van der Waals surface area (Å²) in [5.41, 5.74) is 0.917. The lowest BCUT2D eigenvalue weighted by molar-refractivity contribution is 0.568. The molecule has 0 spiro atoms. The molecule has 1 aromatic carbocycles. The molecule has 18 heavy (non-hydrogen) atoms. The summed E-state index contributed by atoms with van der Waals surface area (Å²) in [6.45, 7) is 2.12. The van der Waals surface area contributed by atoms with Gasteiger partial charge in [-0.3, -0.25) is 0 Å². The molecule has 96 valence electrons. The van der Waals surface area contributed by atoms with Crippen LogP contribution in [0.4, 0.5) is 0 Å². The molecule has 3 nitrogen and oxygen atoms in total. The van der Waals surface area contributed by atoms with Crippen molar-refractivity contribution in [2.24, 2.45) is 0 Å². The fraction of sp³-hybridized carbons (Fsp3) is 0.333. The molecule has 0 aliphatic carbocycles. The van der Waals surface area contributed by atoms with E-state index in [0.717, 1.165) is 26.5 Å². The molecule has 1 N–H and O–H groups in total. The average Bonchev–Trinajstić information content (AvgIpc) is 2.83. The Morgan fingerprint density at radius 3 is 2.89 bits per heavy atom. The topological polar surface area (TPSA) is 37.8 Å². The molecular formula is C12H13BrClN3S. The Morgan fingerprint density at radius 2 is 2.22 bits per heavy atom. The highest BCUT2D eigenvalue weighted by Crippen LogP contribution is 2.34. The lowest BCUT2D eigenvalue weighted by Crippen LogP contribution is -2.14. The minimum atomic E-state index is 0.252. The predicted molar refractivity (Wildman–Crippen MR) is 80.1 cm³/mol. The van der Waals surface area contributed by atoms with E-state index in [0.29, 0.717) is 5.02 Å². The summed E-state index contributed by atoms with van der Waals surface area (Å²) >= 11 is 11.2. The van der Waals surface area contributed by atoms with E-state index in [1.54, 1.807) is 11.3 Å². The molecule has 6 heteroatoms. The normalized spacial score (nSPS) is 12.7. The van der Waals surface area contributed by atoms with Crippen LogP contribution < -0.4 is 5.32 Å². The van der Waals surface area contributed by atoms with Crippen molar-refractivity contribution in [3.05, 3.63) is 32.7 Å². The molecule has 1 aromatic heterocycles. The van der Waals surface area contributed by atoms with Crippen molar-refractivity contribution in [1.29, 1.82) is 0 Å². The van der Waals surface area contributed by atoms with Crippen LogP contribution in [-0.4, -0.2) is 17.2 Å². The molecule has 0 aliphatic heterocycles. The van der Waals surface area contributed by atoms with Crippen LogP contribution in [0.3, 0.4) is 0 Å². The molecule has 0 fully saturated rings. The van der Waals surface area contributed by atoms with E-state index in [4.69, 9.17) is 11.6 Å². The van der Waals surface area contributed by atoms with Gasteiger partial charge in [0.25, 0.3) is 0 Å². The molecule has 0 bridgehead atoms. The first-order valence-electron chi connectivity index (χ1n) is 5.61. The summed E-state index contributed by atoms with van der Waals surface area (Å²) < 4.78 is 0.985. The van der Waals surface area contributed by atoms with E-state index in [-0.39, 0.29) is 6.04 Å². The van der Waals surface area contributed by atoms with Gasteiger partial charge in [0.15, 0.2) is 0 Å². The average molecular weight is 347 g/mol. The summed E-state index contributed by atoms with van der Waals surface area (Å²) in [6.07, 6.45) is 0.983. The Labute approximate surface area is 124 Å². The zero-order valence-electron chi connectivity index (χ0n) is 10.1. The Bertz CT molecular complexity index is 540. The number of halogens is 2. The Balaban J connectivity index is 2.37. The largest absolute Gasteiger partial charge is 0.311 e. The van der Waals surface area contributed by atoms with Crippen LogP contribution in [0.25, 0.3) is 10.6 Å². The lowest BCUT2D eigenvalue weighted by atomic mass is 10.2. The molecule has 1 unspecified atom stereocenters. The van der Waals surface area contributed by atoms with E-state index in [1.807, 2.05) is 25.2 Å². The van der Waals surface area contributed by atoms with Gasteiger partial charge >= 0.3 is 0 Å². The SMILES string of the molecule is CCC(NC)c1nnc(-c2cc(Br)ccc2Cl)s1. The van der Waals surface area contributed by atoms with Gasteiger partial charge in [-0.05, 0) is 31.7 Å². The van der Waals surface area contributed by atoms with Crippen molar-refractivity contribution < 1.29 is 0 Å². The van der Waals surface area contributed by atoms with E-state index in [9.17, 15) is 0 Å². The molecule has 0 radical (unpaired) electrons. The Morgan fingerprint density at radius 1 is 1.44 bits per heavy atom. The Kier molecular flexibility index (Phi) is 4.72. The minimum Gasteiger partial charge on any atom is -0.311 e. The van der Waals surface area contributed by atoms with Crippen LogP contribution in [0.15, 0.2) is 22.7 Å². The van der Waals surface area contributed by atoms with Gasteiger partial charge in [0.2, 0.25) is 0 Å². The van der Waals surface area contributed by atoms with Gasteiger partial charge in [-0.15, -0.1) is 10.2 Å². The van der Waals surface area contributed by atoms with Crippen molar-refractivity contribution in [3.8, 4) is 10.6 Å². The van der Waals surface area contributed by atoms with E-state index in [1.165, 1.54) is 0 Å². The first kappa shape index (κ1) is 13.9. The number of aromatic nitrogens is 2. The van der Waals surface area contributed by atoms with Gasteiger partial charge in [0.05, 0.1) is 11.1 Å². The molecule has 0 saturated heterocycles. The van der Waals surface area contributed by atoms with Gasteiger partial charge in [0, 0.05) is 10.0 Å². The second kappa shape index (κ2) is 6.10. The summed E-state index contributed by atoms with van der Waals surface area (Å²) in [5, 5.41) is 14.2. The lowest BCUT2D eigenvalue weighted by Gasteiger charge is -2.08. The molecule has 0 amide bonds. The monoisotopic (exact) mass is 345 g/mol. The zero-order valence-corrected chi connectivity index (χ0v) is 13.2. The molecule has 1 atom stereocenters. The number of nitrogens with one attached hydrogen (secondary N) is 1. The molecule has 0 aliphatic rings. The molecule has 2 rings (SSSR count). The predicted octanol–water partition coefficient (Wildman–Crippen LogP) is 4.29. The second-order valence-corrected chi connectivity index (χ2v) is 6.15. The number of rotatable bonds is 4. The fourth-order valence-electron chi connectivity index (χ4n) is 1.65. The highest BCUT2D eigenvalue weighted by atomic mass is 79.9. The van der Waals surface area contributed by atoms with Crippen LogP contribution >= 0.6 is 38.9 Å². The fourth-order valence-corrected chi connectivity index (χ4v) is 3.34. The quantitative estimate of drug-likeness (QED) is 0.897. The second-order valence-electron chi connectivity index (χ2n) is 3.82. The number of hydrogen-bond acceptors (Lipinski definition) is 4. The maximum Gasteiger partial charge on any atom is 0.149 e. The summed E-state index contributed by atoms with van der Waals surface area (Å²) in [4.78, 5) is 0. The summed E-state index contributed by atoms with van der Waals surface area (Å²) in [6, 6.07) is 5.99. The van der Waals surface area contributed by atoms with Gasteiger partial charge in [-0.2, -0.15) is 0 Å². The van der Waals surface area contributed by atoms with Crippen LogP contribution in [-0.2, 0) is 0 Å². The first-order chi connectivity index (χ1) is 8.65. The van der Waals surface area contributed by atoms with Gasteiger partial charge in [0.1, 0.15) is 10.0 Å². The van der Waals surface area contributed by atoms with Crippen molar-refractivity contribution >= 4 is 38.9 Å². The van der Waals surface area contributed by atoms with Crippen LogP contribution in [0, 0.1) is 0 Å². The highest BCUT2D eigenvalue weighted by molar-refractivity contribution is 9.10. The molecular weight excluding hydrogens is 334 g/mol. The smallest absolute Gasteiger partial charge is 0.149 e. The first-order valence-corrected chi connectivity index (χ1v) is 7.60. The van der Waals surface area contributed by atoms with Crippen molar-refractivity contribution in [1.82, 2.24) is 15.5 Å². The molecule has 1 heterocycles. The summed E-state index contributed by atoms with van der Waals surface area (Å²) in [5.74, 6) is 0. The number of benzene rings is 1. The number of nitrogens with zero attached hydrogens (tertiary/aromatic N) is 2. The maximum atomic E-state index is 6.19. The zero-order chi connectivity index (χ0) is 13.1. The van der Waals surface area contributed by atoms with E-state index in [2.05, 4.69) is 38.4 Å². The third kappa shape index (κ3) is 2.91. The minimum absolute atomic E-state index is 0.252. The van der Waals surface area contributed by atoms with E-state index < -0.39 is 0 Å². The van der Waals surface area contributed by atoms with Crippen molar-refractivity contribution in [2.75, 3.05) is 7.05 Å². The summed E-state index contributed by atoms with van der Waals surface area (Å²) in [7, 11) is 1.93. The molecule has 0 saturated carbocycles. The van der Waals surface area contributed by atoms with Crippen molar-refractivity contribution in [2.45, 2.75) is 19.4 Å². The maximum absolute atomic E-state index is 6.19. The van der Waals surface area contributed by atoms with Crippen molar-refractivity contribution in [3.63, 3.8) is 0 Å². The Hall–Kier alpha value is -0.490. The van der Waals surface area contributed by atoms with Gasteiger partial charge in [-0.25, -0.2) is 0 Å².